The van der Waals surface area contributed by atoms with E-state index in [2.05, 4.69) is 182 Å². The Kier molecular flexibility index (Phi) is 5.98. The van der Waals surface area contributed by atoms with Crippen molar-refractivity contribution in [2.24, 2.45) is 0 Å². The van der Waals surface area contributed by atoms with Crippen molar-refractivity contribution in [2.45, 2.75) is 0 Å². The molecule has 10 rings (SSSR count). The van der Waals surface area contributed by atoms with Gasteiger partial charge >= 0.3 is 0 Å². The summed E-state index contributed by atoms with van der Waals surface area (Å²) in [5, 5.41) is 15.2. The molecule has 10 aromatic rings. The molecule has 0 spiro atoms. The maximum atomic E-state index is 2.43. The van der Waals surface area contributed by atoms with Crippen LogP contribution < -0.4 is 0 Å². The van der Waals surface area contributed by atoms with E-state index < -0.39 is 0 Å². The van der Waals surface area contributed by atoms with Gasteiger partial charge in [-0.1, -0.05) is 158 Å². The van der Waals surface area contributed by atoms with Crippen molar-refractivity contribution in [3.8, 4) is 33.4 Å². The molecule has 0 atom stereocenters. The summed E-state index contributed by atoms with van der Waals surface area (Å²) in [6.45, 7) is 0. The minimum atomic E-state index is 1.22. The van der Waals surface area contributed by atoms with Crippen molar-refractivity contribution in [2.75, 3.05) is 0 Å². The van der Waals surface area contributed by atoms with Gasteiger partial charge < -0.3 is 0 Å². The number of fused-ring (bicyclic) bond motifs is 7. The maximum absolute atomic E-state index is 2.43. The predicted molar refractivity (Wildman–Crippen MR) is 208 cm³/mol. The van der Waals surface area contributed by atoms with Crippen molar-refractivity contribution in [1.82, 2.24) is 0 Å². The standard InChI is InChI=1S/C48H30/c1-3-13-33-27-35(23-21-31(33)11-1)36-25-26-44-46(29-36)47(38-24-22-32-12-2-4-14-34(32)28-38)42-19-9-10-20-43(42)48(44)45-30-37-15-5-6-16-39(37)40-17-7-8-18-41(40)45/h1-30H. The van der Waals surface area contributed by atoms with Crippen LogP contribution in [-0.4, -0.2) is 0 Å². The number of hydrogen-bond donors (Lipinski definition) is 0. The lowest BCUT2D eigenvalue weighted by Crippen LogP contribution is -1.93. The largest absolute Gasteiger partial charge is 0.0616 e. The van der Waals surface area contributed by atoms with Gasteiger partial charge in [0.25, 0.3) is 0 Å². The molecule has 0 N–H and O–H groups in total. The van der Waals surface area contributed by atoms with Crippen LogP contribution in [0.2, 0.25) is 0 Å². The van der Waals surface area contributed by atoms with Gasteiger partial charge in [-0.2, -0.15) is 0 Å². The molecule has 0 heteroatoms. The van der Waals surface area contributed by atoms with Crippen molar-refractivity contribution in [1.29, 1.82) is 0 Å². The van der Waals surface area contributed by atoms with E-state index in [1.165, 1.54) is 98.0 Å². The number of rotatable bonds is 3. The summed E-state index contributed by atoms with van der Waals surface area (Å²) in [5.41, 5.74) is 7.53. The van der Waals surface area contributed by atoms with Crippen LogP contribution in [0.3, 0.4) is 0 Å². The van der Waals surface area contributed by atoms with Crippen molar-refractivity contribution >= 4 is 64.6 Å². The summed E-state index contributed by atoms with van der Waals surface area (Å²) < 4.78 is 0. The fourth-order valence-electron chi connectivity index (χ4n) is 7.93. The molecule has 0 aliphatic rings. The van der Waals surface area contributed by atoms with Gasteiger partial charge in [0, 0.05) is 0 Å². The van der Waals surface area contributed by atoms with Gasteiger partial charge in [-0.3, -0.25) is 0 Å². The zero-order valence-corrected chi connectivity index (χ0v) is 26.3. The third-order valence-electron chi connectivity index (χ3n) is 10.2. The van der Waals surface area contributed by atoms with Crippen LogP contribution in [0.1, 0.15) is 0 Å². The fraction of sp³-hybridized carbons (Fsp3) is 0. The van der Waals surface area contributed by atoms with Crippen LogP contribution in [0.5, 0.6) is 0 Å². The first kappa shape index (κ1) is 26.9. The van der Waals surface area contributed by atoms with Crippen LogP contribution in [0.4, 0.5) is 0 Å². The van der Waals surface area contributed by atoms with Crippen molar-refractivity contribution < 1.29 is 0 Å². The minimum Gasteiger partial charge on any atom is -0.0616 e. The molecular formula is C48H30. The lowest BCUT2D eigenvalue weighted by atomic mass is 9.82. The average molecular weight is 607 g/mol. The Labute approximate surface area is 279 Å². The van der Waals surface area contributed by atoms with E-state index in [9.17, 15) is 0 Å². The molecule has 0 bridgehead atoms. The predicted octanol–water partition coefficient (Wildman–Crippen LogP) is 13.6. The zero-order chi connectivity index (χ0) is 31.6. The Morgan fingerprint density at radius 1 is 0.208 bits per heavy atom. The molecule has 0 aliphatic carbocycles. The molecule has 222 valence electrons. The molecule has 0 amide bonds. The van der Waals surface area contributed by atoms with Gasteiger partial charge in [-0.05, 0) is 122 Å². The van der Waals surface area contributed by atoms with Gasteiger partial charge in [0.15, 0.2) is 0 Å². The molecule has 0 saturated carbocycles. The van der Waals surface area contributed by atoms with Gasteiger partial charge in [-0.15, -0.1) is 0 Å². The first-order chi connectivity index (χ1) is 23.8. The second-order valence-corrected chi connectivity index (χ2v) is 12.9. The van der Waals surface area contributed by atoms with Crippen LogP contribution in [0.25, 0.3) is 98.0 Å². The lowest BCUT2D eigenvalue weighted by Gasteiger charge is -2.20. The van der Waals surface area contributed by atoms with Crippen molar-refractivity contribution in [3.63, 3.8) is 0 Å². The fourth-order valence-corrected chi connectivity index (χ4v) is 7.93. The van der Waals surface area contributed by atoms with Crippen LogP contribution in [-0.2, 0) is 0 Å². The van der Waals surface area contributed by atoms with Gasteiger partial charge in [0.05, 0.1) is 0 Å². The Morgan fingerprint density at radius 2 is 0.667 bits per heavy atom. The molecule has 0 radical (unpaired) electrons. The topological polar surface area (TPSA) is 0 Å². The number of hydrogen-bond acceptors (Lipinski definition) is 0. The summed E-state index contributed by atoms with van der Waals surface area (Å²) in [7, 11) is 0. The highest BCUT2D eigenvalue weighted by molar-refractivity contribution is 6.26. The molecule has 0 heterocycles. The quantitative estimate of drug-likeness (QED) is 0.139. The maximum Gasteiger partial charge on any atom is -0.00199 e. The first-order valence-corrected chi connectivity index (χ1v) is 16.7. The average Bonchev–Trinajstić information content (AvgIpc) is 3.16. The van der Waals surface area contributed by atoms with Crippen molar-refractivity contribution in [3.05, 3.63) is 182 Å². The molecule has 0 aromatic heterocycles. The summed E-state index contributed by atoms with van der Waals surface area (Å²) >= 11 is 0. The second-order valence-electron chi connectivity index (χ2n) is 12.9. The normalized spacial score (nSPS) is 11.8. The monoisotopic (exact) mass is 606 g/mol. The summed E-state index contributed by atoms with van der Waals surface area (Å²) in [6, 6.07) is 67.3. The zero-order valence-electron chi connectivity index (χ0n) is 26.3. The van der Waals surface area contributed by atoms with Crippen LogP contribution in [0.15, 0.2) is 182 Å². The van der Waals surface area contributed by atoms with Gasteiger partial charge in [-0.25, -0.2) is 0 Å². The lowest BCUT2D eigenvalue weighted by molar-refractivity contribution is 1.66. The smallest absolute Gasteiger partial charge is 0.00199 e. The second kappa shape index (κ2) is 10.7. The third kappa shape index (κ3) is 4.16. The Bertz CT molecular complexity index is 2890. The van der Waals surface area contributed by atoms with Gasteiger partial charge in [0.1, 0.15) is 0 Å². The van der Waals surface area contributed by atoms with E-state index in [1.807, 2.05) is 0 Å². The molecule has 0 fully saturated rings. The third-order valence-corrected chi connectivity index (χ3v) is 10.2. The molecule has 10 aromatic carbocycles. The molecule has 0 aliphatic heterocycles. The molecule has 0 nitrogen and oxygen atoms in total. The molecule has 0 saturated heterocycles. The highest BCUT2D eigenvalue weighted by atomic mass is 14.2. The highest BCUT2D eigenvalue weighted by Crippen LogP contribution is 2.47. The van der Waals surface area contributed by atoms with Crippen LogP contribution >= 0.6 is 0 Å². The molecule has 48 heavy (non-hydrogen) atoms. The summed E-state index contributed by atoms with van der Waals surface area (Å²) in [6.07, 6.45) is 0. The molecule has 0 unspecified atom stereocenters. The van der Waals surface area contributed by atoms with Crippen LogP contribution in [0, 0.1) is 0 Å². The SMILES string of the molecule is c1ccc2cc(-c3ccc4c(-c5cc6ccccc6c6ccccc56)c5ccccc5c(-c5ccc6ccccc6c5)c4c3)ccc2c1. The summed E-state index contributed by atoms with van der Waals surface area (Å²) in [4.78, 5) is 0. The van der Waals surface area contributed by atoms with E-state index >= 15 is 0 Å². The highest BCUT2D eigenvalue weighted by Gasteiger charge is 2.20. The Hall–Kier alpha value is -6.24. The van der Waals surface area contributed by atoms with E-state index in [0.717, 1.165) is 0 Å². The minimum absolute atomic E-state index is 1.22. The Morgan fingerprint density at radius 3 is 1.38 bits per heavy atom. The van der Waals surface area contributed by atoms with E-state index in [-0.39, 0.29) is 0 Å². The van der Waals surface area contributed by atoms with Gasteiger partial charge in [0.2, 0.25) is 0 Å². The van der Waals surface area contributed by atoms with E-state index in [0.29, 0.717) is 0 Å². The summed E-state index contributed by atoms with van der Waals surface area (Å²) in [5.74, 6) is 0. The molecular weight excluding hydrogens is 577 g/mol. The first-order valence-electron chi connectivity index (χ1n) is 16.7. The number of benzene rings is 10. The van der Waals surface area contributed by atoms with E-state index in [4.69, 9.17) is 0 Å². The van der Waals surface area contributed by atoms with E-state index in [1.54, 1.807) is 0 Å². The Balaban J connectivity index is 1.36.